The smallest absolute Gasteiger partial charge is 0.220 e. The van der Waals surface area contributed by atoms with Crippen LogP contribution in [0.4, 0.5) is 0 Å². The first-order valence-electron chi connectivity index (χ1n) is 20.0. The Morgan fingerprint density at radius 3 is 1.96 bits per heavy atom. The van der Waals surface area contributed by atoms with Crippen LogP contribution >= 0.6 is 0 Å². The molecule has 296 valence electrons. The average Bonchev–Trinajstić information content (AvgIpc) is 3.13. The Balaban J connectivity index is 1.69. The van der Waals surface area contributed by atoms with E-state index in [1.54, 1.807) is 0 Å². The number of carbonyl (C=O) groups excluding carboxylic acids is 1. The van der Waals surface area contributed by atoms with Gasteiger partial charge in [-0.05, 0) is 49.8 Å². The van der Waals surface area contributed by atoms with Crippen LogP contribution in [0.25, 0.3) is 0 Å². The normalized spacial score (nSPS) is 22.4. The molecular weight excluding hydrogens is 654 g/mol. The maximum atomic E-state index is 12.9. The lowest BCUT2D eigenvalue weighted by Gasteiger charge is -2.40. The third-order valence-electron chi connectivity index (χ3n) is 9.85. The standard InChI is InChI=1S/C40H71NO10/c1-3-5-7-8-9-10-11-12-13-14-15-19-27-49-31-25-23-30(24-26-31)20-17-18-22-35(44)41-32(36(45)33(43)21-16-6-4-2)29-50-40-39(48)38(47)37(46)34(28-42)51-40/h23-26,32-34,36-40,42-43,45-48H,3-22,27-29H2,1-2H3,(H,41,44)/t32-,33+,34?,36-,37?,38?,39?,40?/m0/s1. The molecule has 0 aromatic heterocycles. The fourth-order valence-electron chi connectivity index (χ4n) is 6.45. The Kier molecular flexibility index (Phi) is 24.6. The SMILES string of the molecule is CCCCCCCCCCCCCCOc1ccc(CCCCC(=O)N[C@@H](COC2OC(CO)C(O)C(O)C2O)[C@H](O)[C@H](O)CCCCC)cc1. The number of rotatable bonds is 30. The van der Waals surface area contributed by atoms with E-state index in [0.717, 1.165) is 50.0 Å². The Morgan fingerprint density at radius 1 is 0.765 bits per heavy atom. The molecule has 11 nitrogen and oxygen atoms in total. The van der Waals surface area contributed by atoms with Crippen molar-refractivity contribution in [1.29, 1.82) is 0 Å². The van der Waals surface area contributed by atoms with Crippen LogP contribution in [0, 0.1) is 0 Å². The Morgan fingerprint density at radius 2 is 1.35 bits per heavy atom. The molecule has 0 aliphatic carbocycles. The van der Waals surface area contributed by atoms with Gasteiger partial charge in [0.15, 0.2) is 6.29 Å². The number of hydrogen-bond donors (Lipinski definition) is 7. The van der Waals surface area contributed by atoms with Gasteiger partial charge in [-0.2, -0.15) is 0 Å². The van der Waals surface area contributed by atoms with Crippen molar-refractivity contribution in [1.82, 2.24) is 5.32 Å². The molecular formula is C40H71NO10. The van der Waals surface area contributed by atoms with Crippen molar-refractivity contribution in [3.8, 4) is 5.75 Å². The summed E-state index contributed by atoms with van der Waals surface area (Å²) in [4.78, 5) is 12.9. The monoisotopic (exact) mass is 726 g/mol. The van der Waals surface area contributed by atoms with Gasteiger partial charge in [-0.1, -0.05) is 116 Å². The molecule has 0 radical (unpaired) electrons. The van der Waals surface area contributed by atoms with E-state index in [1.165, 1.54) is 70.6 Å². The summed E-state index contributed by atoms with van der Waals surface area (Å²) in [5, 5.41) is 64.2. The van der Waals surface area contributed by atoms with Crippen LogP contribution in [0.5, 0.6) is 5.75 Å². The van der Waals surface area contributed by atoms with Gasteiger partial charge in [0, 0.05) is 6.42 Å². The molecule has 1 aromatic carbocycles. The van der Waals surface area contributed by atoms with Gasteiger partial charge in [0.2, 0.25) is 5.91 Å². The number of nitrogens with one attached hydrogen (secondary N) is 1. The fraction of sp³-hybridized carbons (Fsp3) is 0.825. The highest BCUT2D eigenvalue weighted by atomic mass is 16.7. The minimum atomic E-state index is -1.62. The molecule has 1 fully saturated rings. The van der Waals surface area contributed by atoms with E-state index in [0.29, 0.717) is 19.3 Å². The molecule has 7 N–H and O–H groups in total. The zero-order chi connectivity index (χ0) is 37.3. The fourth-order valence-corrected chi connectivity index (χ4v) is 6.45. The second-order valence-corrected chi connectivity index (χ2v) is 14.3. The first-order chi connectivity index (χ1) is 24.7. The topological polar surface area (TPSA) is 178 Å². The number of carbonyl (C=O) groups is 1. The summed E-state index contributed by atoms with van der Waals surface area (Å²) in [6, 6.07) is 7.08. The number of amides is 1. The van der Waals surface area contributed by atoms with Gasteiger partial charge < -0.3 is 50.2 Å². The van der Waals surface area contributed by atoms with Gasteiger partial charge in [0.25, 0.3) is 0 Å². The lowest BCUT2D eigenvalue weighted by Crippen LogP contribution is -2.60. The minimum absolute atomic E-state index is 0.204. The molecule has 1 aliphatic rings. The first kappa shape index (κ1) is 45.3. The van der Waals surface area contributed by atoms with Crippen molar-refractivity contribution in [3.05, 3.63) is 29.8 Å². The van der Waals surface area contributed by atoms with Crippen LogP contribution < -0.4 is 10.1 Å². The molecule has 2 rings (SSSR count). The van der Waals surface area contributed by atoms with E-state index in [4.69, 9.17) is 14.2 Å². The van der Waals surface area contributed by atoms with Crippen molar-refractivity contribution in [2.45, 2.75) is 191 Å². The summed E-state index contributed by atoms with van der Waals surface area (Å²) in [7, 11) is 0. The highest BCUT2D eigenvalue weighted by Gasteiger charge is 2.44. The second-order valence-electron chi connectivity index (χ2n) is 14.3. The summed E-state index contributed by atoms with van der Waals surface area (Å²) >= 11 is 0. The van der Waals surface area contributed by atoms with Crippen LogP contribution in [-0.4, -0.2) is 105 Å². The number of unbranched alkanes of at least 4 members (excludes halogenated alkanes) is 14. The molecule has 0 saturated carbocycles. The summed E-state index contributed by atoms with van der Waals surface area (Å²) in [5.74, 6) is 0.548. The molecule has 11 heteroatoms. The largest absolute Gasteiger partial charge is 0.494 e. The quantitative estimate of drug-likeness (QED) is 0.0529. The van der Waals surface area contributed by atoms with E-state index < -0.39 is 55.6 Å². The van der Waals surface area contributed by atoms with Crippen molar-refractivity contribution in [2.24, 2.45) is 0 Å². The molecule has 1 amide bonds. The number of aliphatic hydroxyl groups is 6. The molecule has 8 atom stereocenters. The van der Waals surface area contributed by atoms with Gasteiger partial charge in [0.05, 0.1) is 32.0 Å². The van der Waals surface area contributed by atoms with E-state index >= 15 is 0 Å². The first-order valence-corrected chi connectivity index (χ1v) is 20.0. The second kappa shape index (κ2) is 27.7. The van der Waals surface area contributed by atoms with Crippen molar-refractivity contribution >= 4 is 5.91 Å². The van der Waals surface area contributed by atoms with Crippen molar-refractivity contribution in [2.75, 3.05) is 19.8 Å². The van der Waals surface area contributed by atoms with E-state index in [1.807, 2.05) is 19.1 Å². The number of aliphatic hydroxyl groups excluding tert-OH is 6. The predicted octanol–water partition coefficient (Wildman–Crippen LogP) is 5.08. The molecule has 0 bridgehead atoms. The highest BCUT2D eigenvalue weighted by Crippen LogP contribution is 2.23. The average molecular weight is 726 g/mol. The lowest BCUT2D eigenvalue weighted by atomic mass is 9.99. The van der Waals surface area contributed by atoms with Crippen LogP contribution in [-0.2, 0) is 20.7 Å². The van der Waals surface area contributed by atoms with Gasteiger partial charge in [0.1, 0.15) is 36.3 Å². The molecule has 1 aliphatic heterocycles. The number of ether oxygens (including phenoxy) is 3. The molecule has 1 aromatic rings. The Hall–Kier alpha value is -1.83. The highest BCUT2D eigenvalue weighted by molar-refractivity contribution is 5.76. The van der Waals surface area contributed by atoms with Crippen LogP contribution in [0.15, 0.2) is 24.3 Å². The van der Waals surface area contributed by atoms with E-state index in [9.17, 15) is 35.4 Å². The summed E-state index contributed by atoms with van der Waals surface area (Å²) < 4.78 is 17.0. The van der Waals surface area contributed by atoms with E-state index in [2.05, 4.69) is 24.4 Å². The van der Waals surface area contributed by atoms with Crippen LogP contribution in [0.1, 0.15) is 141 Å². The number of aryl methyl sites for hydroxylation is 1. The maximum absolute atomic E-state index is 12.9. The Bertz CT molecular complexity index is 996. The molecule has 1 saturated heterocycles. The van der Waals surface area contributed by atoms with Crippen LogP contribution in [0.2, 0.25) is 0 Å². The maximum Gasteiger partial charge on any atom is 0.220 e. The molecule has 51 heavy (non-hydrogen) atoms. The zero-order valence-electron chi connectivity index (χ0n) is 31.5. The van der Waals surface area contributed by atoms with Crippen LogP contribution in [0.3, 0.4) is 0 Å². The molecule has 0 spiro atoms. The summed E-state index contributed by atoms with van der Waals surface area (Å²) in [6.45, 7) is 4.07. The van der Waals surface area contributed by atoms with Gasteiger partial charge in [-0.3, -0.25) is 4.79 Å². The Labute approximate surface area is 307 Å². The van der Waals surface area contributed by atoms with E-state index in [-0.39, 0.29) is 18.9 Å². The molecule has 5 unspecified atom stereocenters. The zero-order valence-corrected chi connectivity index (χ0v) is 31.5. The van der Waals surface area contributed by atoms with Crippen molar-refractivity contribution in [3.63, 3.8) is 0 Å². The van der Waals surface area contributed by atoms with Gasteiger partial charge >= 0.3 is 0 Å². The summed E-state index contributed by atoms with van der Waals surface area (Å²) in [6.07, 6.45) is 11.2. The van der Waals surface area contributed by atoms with Gasteiger partial charge in [-0.25, -0.2) is 0 Å². The summed E-state index contributed by atoms with van der Waals surface area (Å²) in [5.41, 5.74) is 1.16. The minimum Gasteiger partial charge on any atom is -0.494 e. The molecule has 1 heterocycles. The third kappa shape index (κ3) is 18.7. The predicted molar refractivity (Wildman–Crippen MR) is 198 cm³/mol. The number of benzene rings is 1. The van der Waals surface area contributed by atoms with Gasteiger partial charge in [-0.15, -0.1) is 0 Å². The lowest BCUT2D eigenvalue weighted by molar-refractivity contribution is -0.303. The third-order valence-corrected chi connectivity index (χ3v) is 9.85. The van der Waals surface area contributed by atoms with Crippen molar-refractivity contribution < 1.29 is 49.6 Å². The number of hydrogen-bond acceptors (Lipinski definition) is 10.